The Bertz CT molecular complexity index is 1710. The van der Waals surface area contributed by atoms with Crippen molar-refractivity contribution in [3.05, 3.63) is 93.2 Å². The maximum atomic E-state index is 13.6. The van der Waals surface area contributed by atoms with Crippen LogP contribution in [0.1, 0.15) is 43.0 Å². The Morgan fingerprint density at radius 1 is 1.07 bits per heavy atom. The van der Waals surface area contributed by atoms with Gasteiger partial charge in [-0.05, 0) is 59.9 Å². The lowest BCUT2D eigenvalue weighted by Gasteiger charge is -2.23. The fraction of sp³-hybridized carbons (Fsp3) is 0.258. The van der Waals surface area contributed by atoms with Crippen LogP contribution in [0.5, 0.6) is 11.5 Å². The third kappa shape index (κ3) is 6.86. The minimum absolute atomic E-state index is 0.0888. The fourth-order valence-corrected chi connectivity index (χ4v) is 6.95. The summed E-state index contributed by atoms with van der Waals surface area (Å²) >= 11 is 14.9. The zero-order valence-corrected chi connectivity index (χ0v) is 27.1. The number of thioether (sulfide) groups is 1. The topological polar surface area (TPSA) is 115 Å². The van der Waals surface area contributed by atoms with Gasteiger partial charge in [0.05, 0.1) is 25.3 Å². The Morgan fingerprint density at radius 2 is 1.84 bits per heavy atom. The molecule has 1 amide bonds. The molecule has 44 heavy (non-hydrogen) atoms. The Balaban J connectivity index is 1.53. The van der Waals surface area contributed by atoms with Gasteiger partial charge in [-0.2, -0.15) is 0 Å². The molecule has 2 aromatic carbocycles. The molecule has 4 aromatic rings. The van der Waals surface area contributed by atoms with Crippen molar-refractivity contribution in [2.45, 2.75) is 36.4 Å². The minimum atomic E-state index is -1.02. The van der Waals surface area contributed by atoms with Crippen LogP contribution in [0, 0.1) is 5.92 Å². The van der Waals surface area contributed by atoms with E-state index in [9.17, 15) is 14.7 Å². The number of ketones is 1. The molecule has 9 nitrogen and oxygen atoms in total. The van der Waals surface area contributed by atoms with E-state index in [4.69, 9.17) is 32.7 Å². The van der Waals surface area contributed by atoms with Crippen molar-refractivity contribution in [3.63, 3.8) is 0 Å². The first-order valence-electron chi connectivity index (χ1n) is 13.6. The van der Waals surface area contributed by atoms with E-state index in [1.165, 1.54) is 36.2 Å². The van der Waals surface area contributed by atoms with Gasteiger partial charge in [0.1, 0.15) is 5.76 Å². The second kappa shape index (κ2) is 14.0. The zero-order valence-electron chi connectivity index (χ0n) is 24.0. The smallest absolute Gasteiger partial charge is 0.301 e. The first kappa shape index (κ1) is 31.8. The largest absolute Gasteiger partial charge is 0.507 e. The quantitative estimate of drug-likeness (QED) is 0.0566. The van der Waals surface area contributed by atoms with Crippen molar-refractivity contribution in [1.82, 2.24) is 15.2 Å². The van der Waals surface area contributed by atoms with Gasteiger partial charge < -0.3 is 14.6 Å². The van der Waals surface area contributed by atoms with Crippen molar-refractivity contribution in [2.75, 3.05) is 18.6 Å². The highest BCUT2D eigenvalue weighted by Crippen LogP contribution is 2.45. The lowest BCUT2D eigenvalue weighted by molar-refractivity contribution is -0.132. The van der Waals surface area contributed by atoms with Crippen LogP contribution in [0.3, 0.4) is 0 Å². The van der Waals surface area contributed by atoms with Gasteiger partial charge in [0.2, 0.25) is 5.13 Å². The second-order valence-corrected chi connectivity index (χ2v) is 13.2. The molecule has 0 bridgehead atoms. The highest BCUT2D eigenvalue weighted by Gasteiger charge is 2.48. The number of hydrogen-bond acceptors (Lipinski definition) is 10. The number of carbonyl (C=O) groups is 2. The van der Waals surface area contributed by atoms with Gasteiger partial charge in [-0.1, -0.05) is 72.3 Å². The Morgan fingerprint density at radius 3 is 2.55 bits per heavy atom. The van der Waals surface area contributed by atoms with Crippen molar-refractivity contribution >= 4 is 68.9 Å². The van der Waals surface area contributed by atoms with Crippen LogP contribution >= 0.6 is 46.3 Å². The molecule has 13 heteroatoms. The van der Waals surface area contributed by atoms with Gasteiger partial charge in [-0.3, -0.25) is 19.5 Å². The molecule has 0 spiro atoms. The number of nitrogens with zero attached hydrogens (tertiary/aromatic N) is 4. The van der Waals surface area contributed by atoms with Crippen LogP contribution < -0.4 is 14.4 Å². The standard InChI is InChI=1S/C31H28Cl2N4O5S2/c1-17(2)10-13-42-23-7-5-19(14-24(23)41-3)26-25(27(38)18-8-11-34-12-9-18)28(39)29(40)37(26)30-35-36-31(44-30)43-16-20-4-6-21(32)15-22(20)33/h4-9,11-12,14-15,17,26,38H,10,13,16H2,1-3H3. The van der Waals surface area contributed by atoms with Crippen LogP contribution in [0.15, 0.2) is 70.8 Å². The molecule has 2 aromatic heterocycles. The number of ether oxygens (including phenoxy) is 2. The number of aliphatic hydroxyl groups excluding tert-OH is 1. The summed E-state index contributed by atoms with van der Waals surface area (Å²) in [6.07, 6.45) is 3.85. The molecule has 1 aliphatic heterocycles. The number of halogens is 2. The summed E-state index contributed by atoms with van der Waals surface area (Å²) in [7, 11) is 1.52. The van der Waals surface area contributed by atoms with Crippen molar-refractivity contribution < 1.29 is 24.2 Å². The van der Waals surface area contributed by atoms with Crippen LogP contribution in [0.25, 0.3) is 5.76 Å². The van der Waals surface area contributed by atoms with E-state index in [0.29, 0.717) is 55.3 Å². The van der Waals surface area contributed by atoms with Crippen LogP contribution in [-0.4, -0.2) is 45.7 Å². The summed E-state index contributed by atoms with van der Waals surface area (Å²) in [5.41, 5.74) is 1.63. The lowest BCUT2D eigenvalue weighted by Crippen LogP contribution is -2.29. The van der Waals surface area contributed by atoms with Crippen molar-refractivity contribution in [1.29, 1.82) is 0 Å². The van der Waals surface area contributed by atoms with Gasteiger partial charge in [-0.15, -0.1) is 10.2 Å². The van der Waals surface area contributed by atoms with Crippen LogP contribution in [-0.2, 0) is 15.3 Å². The van der Waals surface area contributed by atoms with E-state index in [1.54, 1.807) is 42.5 Å². The monoisotopic (exact) mass is 670 g/mol. The van der Waals surface area contributed by atoms with E-state index >= 15 is 0 Å². The Kier molecular flexibility index (Phi) is 10.1. The molecular formula is C31H28Cl2N4O5S2. The maximum Gasteiger partial charge on any atom is 0.301 e. The van der Waals surface area contributed by atoms with E-state index in [2.05, 4.69) is 29.0 Å². The minimum Gasteiger partial charge on any atom is -0.507 e. The number of amides is 1. The Hall–Kier alpha value is -3.64. The molecule has 0 radical (unpaired) electrons. The molecule has 1 aliphatic rings. The number of Topliss-reactive ketones (excluding diaryl/α,β-unsaturated/α-hetero) is 1. The van der Waals surface area contributed by atoms with Gasteiger partial charge in [0, 0.05) is 33.8 Å². The average molecular weight is 672 g/mol. The zero-order chi connectivity index (χ0) is 31.4. The molecule has 228 valence electrons. The van der Waals surface area contributed by atoms with E-state index in [1.807, 2.05) is 6.07 Å². The molecule has 1 N–H and O–H groups in total. The SMILES string of the molecule is COc1cc(C2C(=C(O)c3ccncc3)C(=O)C(=O)N2c2nnc(SCc3ccc(Cl)cc3Cl)s2)ccc1OCCC(C)C. The number of aromatic nitrogens is 3. The number of benzene rings is 2. The molecule has 0 saturated carbocycles. The van der Waals surface area contributed by atoms with Gasteiger partial charge in [0.25, 0.3) is 5.78 Å². The summed E-state index contributed by atoms with van der Waals surface area (Å²) in [6, 6.07) is 12.6. The van der Waals surface area contributed by atoms with E-state index in [-0.39, 0.29) is 16.5 Å². The summed E-state index contributed by atoms with van der Waals surface area (Å²) < 4.78 is 12.1. The number of hydrogen-bond donors (Lipinski definition) is 1. The van der Waals surface area contributed by atoms with Crippen LogP contribution in [0.2, 0.25) is 10.0 Å². The maximum absolute atomic E-state index is 13.6. The van der Waals surface area contributed by atoms with E-state index in [0.717, 1.165) is 23.3 Å². The van der Waals surface area contributed by atoms with Gasteiger partial charge >= 0.3 is 5.91 Å². The van der Waals surface area contributed by atoms with Crippen molar-refractivity contribution in [3.8, 4) is 11.5 Å². The molecule has 1 saturated heterocycles. The number of rotatable bonds is 11. The predicted molar refractivity (Wildman–Crippen MR) is 173 cm³/mol. The average Bonchev–Trinajstić information content (AvgIpc) is 3.58. The molecule has 3 heterocycles. The summed E-state index contributed by atoms with van der Waals surface area (Å²) in [5, 5.41) is 21.1. The molecule has 1 atom stereocenters. The highest BCUT2D eigenvalue weighted by atomic mass is 35.5. The molecule has 0 aliphatic carbocycles. The summed E-state index contributed by atoms with van der Waals surface area (Å²) in [4.78, 5) is 32.4. The third-order valence-corrected chi connectivity index (χ3v) is 9.51. The molecule has 1 fully saturated rings. The van der Waals surface area contributed by atoms with E-state index < -0.39 is 17.7 Å². The van der Waals surface area contributed by atoms with Gasteiger partial charge in [-0.25, -0.2) is 0 Å². The second-order valence-electron chi connectivity index (χ2n) is 10.2. The number of methoxy groups -OCH3 is 1. The number of pyridine rings is 1. The Labute approximate surface area is 272 Å². The number of anilines is 1. The normalized spacial score (nSPS) is 16.1. The molecule has 5 rings (SSSR count). The fourth-order valence-electron chi connectivity index (χ4n) is 4.53. The third-order valence-electron chi connectivity index (χ3n) is 6.82. The summed E-state index contributed by atoms with van der Waals surface area (Å²) in [6.45, 7) is 4.72. The van der Waals surface area contributed by atoms with Gasteiger partial charge in [0.15, 0.2) is 15.8 Å². The summed E-state index contributed by atoms with van der Waals surface area (Å²) in [5.74, 6) is -0.109. The highest BCUT2D eigenvalue weighted by molar-refractivity contribution is 8.00. The predicted octanol–water partition coefficient (Wildman–Crippen LogP) is 7.59. The van der Waals surface area contributed by atoms with Crippen molar-refractivity contribution in [2.24, 2.45) is 5.92 Å². The first-order chi connectivity index (χ1) is 21.2. The molecular weight excluding hydrogens is 643 g/mol. The van der Waals surface area contributed by atoms with Crippen LogP contribution in [0.4, 0.5) is 5.13 Å². The number of aliphatic hydroxyl groups is 1. The lowest BCUT2D eigenvalue weighted by atomic mass is 9.95. The number of carbonyl (C=O) groups excluding carboxylic acids is 2. The molecule has 1 unspecified atom stereocenters. The first-order valence-corrected chi connectivity index (χ1v) is 16.2.